The van der Waals surface area contributed by atoms with Crippen LogP contribution in [0.4, 0.5) is 4.39 Å². The van der Waals surface area contributed by atoms with Crippen LogP contribution in [0.5, 0.6) is 0 Å². The molecule has 0 saturated heterocycles. The molecule has 0 fully saturated rings. The van der Waals surface area contributed by atoms with E-state index in [1.165, 1.54) is 12.1 Å². The van der Waals surface area contributed by atoms with E-state index in [2.05, 4.69) is 20.9 Å². The van der Waals surface area contributed by atoms with Crippen molar-refractivity contribution in [3.05, 3.63) is 58.1 Å². The van der Waals surface area contributed by atoms with Crippen molar-refractivity contribution in [2.75, 3.05) is 0 Å². The summed E-state index contributed by atoms with van der Waals surface area (Å²) in [4.78, 5) is 2.84. The average molecular weight is 270 g/mol. The molecule has 15 heavy (non-hydrogen) atoms. The highest BCUT2D eigenvalue weighted by Gasteiger charge is 2.12. The van der Waals surface area contributed by atoms with E-state index < -0.39 is 6.10 Å². The van der Waals surface area contributed by atoms with Gasteiger partial charge in [0.25, 0.3) is 0 Å². The number of hydrogen-bond donors (Lipinski definition) is 2. The van der Waals surface area contributed by atoms with Gasteiger partial charge >= 0.3 is 0 Å². The van der Waals surface area contributed by atoms with Crippen LogP contribution in [0.2, 0.25) is 0 Å². The molecule has 1 aromatic carbocycles. The predicted molar refractivity (Wildman–Crippen MR) is 59.0 cm³/mol. The molecule has 0 radical (unpaired) electrons. The van der Waals surface area contributed by atoms with Gasteiger partial charge in [-0.3, -0.25) is 0 Å². The molecule has 0 spiro atoms. The van der Waals surface area contributed by atoms with Gasteiger partial charge in [-0.05, 0) is 29.8 Å². The van der Waals surface area contributed by atoms with Crippen LogP contribution < -0.4 is 0 Å². The lowest BCUT2D eigenvalue weighted by molar-refractivity contribution is 0.220. The van der Waals surface area contributed by atoms with Crippen molar-refractivity contribution >= 4 is 15.9 Å². The van der Waals surface area contributed by atoms with E-state index >= 15 is 0 Å². The Morgan fingerprint density at radius 3 is 2.67 bits per heavy atom. The molecule has 0 bridgehead atoms. The van der Waals surface area contributed by atoms with Crippen molar-refractivity contribution in [3.63, 3.8) is 0 Å². The number of halogens is 2. The van der Waals surface area contributed by atoms with E-state index in [0.717, 1.165) is 0 Å². The number of hydrogen-bond acceptors (Lipinski definition) is 1. The summed E-state index contributed by atoms with van der Waals surface area (Å²) in [5, 5.41) is 9.92. The number of H-pyrrole nitrogens is 1. The van der Waals surface area contributed by atoms with Crippen molar-refractivity contribution in [3.8, 4) is 0 Å². The summed E-state index contributed by atoms with van der Waals surface area (Å²) < 4.78 is 13.7. The Kier molecular flexibility index (Phi) is 2.88. The van der Waals surface area contributed by atoms with E-state index in [9.17, 15) is 9.50 Å². The van der Waals surface area contributed by atoms with Crippen molar-refractivity contribution in [1.82, 2.24) is 4.98 Å². The first-order chi connectivity index (χ1) is 7.16. The van der Waals surface area contributed by atoms with Gasteiger partial charge in [0.05, 0.1) is 0 Å². The zero-order valence-electron chi connectivity index (χ0n) is 7.74. The Morgan fingerprint density at radius 1 is 1.27 bits per heavy atom. The molecule has 2 nitrogen and oxygen atoms in total. The van der Waals surface area contributed by atoms with Gasteiger partial charge in [0, 0.05) is 22.4 Å². The van der Waals surface area contributed by atoms with Crippen molar-refractivity contribution < 1.29 is 9.50 Å². The fraction of sp³-hybridized carbons (Fsp3) is 0.0909. The second kappa shape index (κ2) is 4.16. The molecule has 2 rings (SSSR count). The van der Waals surface area contributed by atoms with Crippen LogP contribution in [0.25, 0.3) is 0 Å². The highest BCUT2D eigenvalue weighted by atomic mass is 79.9. The van der Waals surface area contributed by atoms with E-state index in [1.807, 2.05) is 0 Å². The van der Waals surface area contributed by atoms with Crippen LogP contribution in [0.15, 0.2) is 41.1 Å². The number of rotatable bonds is 2. The van der Waals surface area contributed by atoms with Crippen LogP contribution in [-0.4, -0.2) is 10.1 Å². The first-order valence-electron chi connectivity index (χ1n) is 4.43. The topological polar surface area (TPSA) is 36.0 Å². The lowest BCUT2D eigenvalue weighted by Gasteiger charge is -2.09. The summed E-state index contributed by atoms with van der Waals surface area (Å²) in [5.74, 6) is -0.367. The number of aliphatic hydroxyl groups excluding tert-OH is 1. The second-order valence-electron chi connectivity index (χ2n) is 3.25. The largest absolute Gasteiger partial charge is 0.384 e. The molecule has 1 unspecified atom stereocenters. The van der Waals surface area contributed by atoms with Gasteiger partial charge in [0.1, 0.15) is 11.9 Å². The third-order valence-electron chi connectivity index (χ3n) is 2.14. The third kappa shape index (κ3) is 2.27. The molecule has 0 aliphatic heterocycles. The number of aliphatic hydroxyl groups is 1. The van der Waals surface area contributed by atoms with Gasteiger partial charge in [-0.2, -0.15) is 0 Å². The lowest BCUT2D eigenvalue weighted by atomic mass is 10.0. The Labute approximate surface area is 94.9 Å². The summed E-state index contributed by atoms with van der Waals surface area (Å²) in [6, 6.07) is 6.12. The predicted octanol–water partition coefficient (Wildman–Crippen LogP) is 3.00. The minimum absolute atomic E-state index is 0.367. The minimum Gasteiger partial charge on any atom is -0.384 e. The number of aromatic amines is 1. The maximum Gasteiger partial charge on any atom is 0.124 e. The molecular formula is C11H9BrFNO. The van der Waals surface area contributed by atoms with Gasteiger partial charge in [-0.1, -0.05) is 15.9 Å². The summed E-state index contributed by atoms with van der Waals surface area (Å²) in [6.45, 7) is 0. The van der Waals surface area contributed by atoms with Gasteiger partial charge in [0.2, 0.25) is 0 Å². The normalized spacial score (nSPS) is 12.7. The number of benzene rings is 1. The number of aromatic nitrogens is 1. The van der Waals surface area contributed by atoms with Crippen LogP contribution in [-0.2, 0) is 0 Å². The molecule has 1 atom stereocenters. The van der Waals surface area contributed by atoms with Crippen molar-refractivity contribution in [2.45, 2.75) is 6.10 Å². The van der Waals surface area contributed by atoms with E-state index in [4.69, 9.17) is 0 Å². The van der Waals surface area contributed by atoms with Crippen molar-refractivity contribution in [1.29, 1.82) is 0 Å². The molecule has 4 heteroatoms. The molecule has 2 aromatic rings. The maximum atomic E-state index is 13.1. The minimum atomic E-state index is -0.803. The van der Waals surface area contributed by atoms with Gasteiger partial charge in [-0.15, -0.1) is 0 Å². The van der Waals surface area contributed by atoms with E-state index in [1.54, 1.807) is 24.5 Å². The number of nitrogens with one attached hydrogen (secondary N) is 1. The van der Waals surface area contributed by atoms with Gasteiger partial charge < -0.3 is 10.1 Å². The third-order valence-corrected chi connectivity index (χ3v) is 2.60. The fourth-order valence-corrected chi connectivity index (χ4v) is 1.92. The first kappa shape index (κ1) is 10.4. The summed E-state index contributed by atoms with van der Waals surface area (Å²) in [7, 11) is 0. The quantitative estimate of drug-likeness (QED) is 0.864. The second-order valence-corrected chi connectivity index (χ2v) is 4.17. The Hall–Kier alpha value is -1.13. The molecule has 0 saturated carbocycles. The highest BCUT2D eigenvalue weighted by Crippen LogP contribution is 2.25. The van der Waals surface area contributed by atoms with E-state index in [0.29, 0.717) is 15.6 Å². The zero-order chi connectivity index (χ0) is 10.8. The summed E-state index contributed by atoms with van der Waals surface area (Å²) in [6.07, 6.45) is 2.60. The lowest BCUT2D eigenvalue weighted by Crippen LogP contribution is -1.98. The smallest absolute Gasteiger partial charge is 0.124 e. The summed E-state index contributed by atoms with van der Waals surface area (Å²) >= 11 is 3.19. The molecule has 0 aliphatic carbocycles. The first-order valence-corrected chi connectivity index (χ1v) is 5.23. The van der Waals surface area contributed by atoms with Crippen LogP contribution in [0.1, 0.15) is 17.2 Å². The Balaban J connectivity index is 2.37. The molecule has 78 valence electrons. The zero-order valence-corrected chi connectivity index (χ0v) is 9.33. The van der Waals surface area contributed by atoms with Gasteiger partial charge in [-0.25, -0.2) is 4.39 Å². The SMILES string of the molecule is OC(c1cc[nH]c1)c1cc(F)cc(Br)c1. The van der Waals surface area contributed by atoms with Crippen LogP contribution >= 0.6 is 15.9 Å². The van der Waals surface area contributed by atoms with Crippen molar-refractivity contribution in [2.24, 2.45) is 0 Å². The molecule has 1 heterocycles. The van der Waals surface area contributed by atoms with Gasteiger partial charge in [0.15, 0.2) is 0 Å². The summed E-state index contributed by atoms with van der Waals surface area (Å²) in [5.41, 5.74) is 1.24. The Bertz CT molecular complexity index is 435. The molecule has 0 aliphatic rings. The average Bonchev–Trinajstić information content (AvgIpc) is 2.67. The fourth-order valence-electron chi connectivity index (χ4n) is 1.43. The van der Waals surface area contributed by atoms with E-state index in [-0.39, 0.29) is 5.82 Å². The molecule has 1 aromatic heterocycles. The maximum absolute atomic E-state index is 13.1. The highest BCUT2D eigenvalue weighted by molar-refractivity contribution is 9.10. The molecule has 0 amide bonds. The standard InChI is InChI=1S/C11H9BrFNO/c12-9-3-8(4-10(13)5-9)11(15)7-1-2-14-6-7/h1-6,11,14-15H. The molecular weight excluding hydrogens is 261 g/mol. The molecule has 2 N–H and O–H groups in total. The Morgan fingerprint density at radius 2 is 2.07 bits per heavy atom. The van der Waals surface area contributed by atoms with Crippen LogP contribution in [0.3, 0.4) is 0 Å². The van der Waals surface area contributed by atoms with Crippen LogP contribution in [0, 0.1) is 5.82 Å². The monoisotopic (exact) mass is 269 g/mol.